The minimum Gasteiger partial charge on any atom is -0.462 e. The number of aryl methyl sites for hydroxylation is 1. The molecule has 0 aliphatic carbocycles. The van der Waals surface area contributed by atoms with Crippen LogP contribution in [0, 0.1) is 6.92 Å². The van der Waals surface area contributed by atoms with Crippen LogP contribution < -0.4 is 10.5 Å². The number of benzene rings is 2. The average molecular weight is 350 g/mol. The minimum atomic E-state index is -0.451. The highest BCUT2D eigenvalue weighted by atomic mass is 79.9. The van der Waals surface area contributed by atoms with Crippen molar-refractivity contribution in [1.82, 2.24) is 0 Å². The fraction of sp³-hybridized carbons (Fsp3) is 0.188. The molecule has 4 nitrogen and oxygen atoms in total. The van der Waals surface area contributed by atoms with Crippen molar-refractivity contribution in [3.8, 4) is 11.5 Å². The Balaban J connectivity index is 2.28. The van der Waals surface area contributed by atoms with Crippen LogP contribution >= 0.6 is 15.9 Å². The lowest BCUT2D eigenvalue weighted by atomic mass is 10.1. The maximum atomic E-state index is 11.8. The Morgan fingerprint density at radius 2 is 2.00 bits per heavy atom. The minimum absolute atomic E-state index is 0.301. The summed E-state index contributed by atoms with van der Waals surface area (Å²) in [5, 5.41) is 0. The van der Waals surface area contributed by atoms with Gasteiger partial charge < -0.3 is 15.2 Å². The van der Waals surface area contributed by atoms with E-state index in [-0.39, 0.29) is 0 Å². The van der Waals surface area contributed by atoms with Gasteiger partial charge in [-0.2, -0.15) is 0 Å². The number of hydrogen-bond acceptors (Lipinski definition) is 4. The van der Waals surface area contributed by atoms with E-state index >= 15 is 0 Å². The van der Waals surface area contributed by atoms with Crippen molar-refractivity contribution in [2.75, 3.05) is 12.3 Å². The van der Waals surface area contributed by atoms with Gasteiger partial charge in [-0.3, -0.25) is 0 Å². The van der Waals surface area contributed by atoms with Gasteiger partial charge in [0.2, 0.25) is 0 Å². The molecule has 110 valence electrons. The van der Waals surface area contributed by atoms with Crippen molar-refractivity contribution in [3.63, 3.8) is 0 Å². The van der Waals surface area contributed by atoms with Crippen LogP contribution in [0.5, 0.6) is 11.5 Å². The topological polar surface area (TPSA) is 61.5 Å². The van der Waals surface area contributed by atoms with Crippen molar-refractivity contribution in [2.45, 2.75) is 13.8 Å². The van der Waals surface area contributed by atoms with Crippen LogP contribution in [-0.4, -0.2) is 12.6 Å². The summed E-state index contributed by atoms with van der Waals surface area (Å²) in [6.07, 6.45) is 0. The Hall–Kier alpha value is -2.01. The molecule has 0 fully saturated rings. The summed E-state index contributed by atoms with van der Waals surface area (Å²) in [6.45, 7) is 4.00. The summed E-state index contributed by atoms with van der Waals surface area (Å²) in [5.41, 5.74) is 7.46. The van der Waals surface area contributed by atoms with Crippen molar-refractivity contribution >= 4 is 27.6 Å². The highest BCUT2D eigenvalue weighted by molar-refractivity contribution is 9.10. The van der Waals surface area contributed by atoms with Gasteiger partial charge in [-0.25, -0.2) is 4.79 Å². The van der Waals surface area contributed by atoms with E-state index in [1.807, 2.05) is 25.1 Å². The zero-order valence-corrected chi connectivity index (χ0v) is 13.4. The molecule has 0 atom stereocenters. The molecule has 2 N–H and O–H groups in total. The van der Waals surface area contributed by atoms with Crippen LogP contribution in [0.2, 0.25) is 0 Å². The van der Waals surface area contributed by atoms with E-state index in [4.69, 9.17) is 15.2 Å². The maximum Gasteiger partial charge on any atom is 0.340 e. The van der Waals surface area contributed by atoms with Crippen LogP contribution in [0.1, 0.15) is 22.8 Å². The van der Waals surface area contributed by atoms with E-state index in [0.29, 0.717) is 23.6 Å². The highest BCUT2D eigenvalue weighted by Crippen LogP contribution is 2.29. The largest absolute Gasteiger partial charge is 0.462 e. The summed E-state index contributed by atoms with van der Waals surface area (Å²) in [6, 6.07) is 10.7. The van der Waals surface area contributed by atoms with E-state index in [1.165, 1.54) is 0 Å². The number of ether oxygens (including phenoxy) is 2. The van der Waals surface area contributed by atoms with Crippen molar-refractivity contribution < 1.29 is 14.3 Å². The molecule has 0 bridgehead atoms. The standard InChI is InChI=1S/C16H16BrNO3/c1-3-20-16(19)13-9-12(5-6-14(13)18)21-15-7-4-11(17)8-10(15)2/h4-9H,3,18H2,1-2H3. The lowest BCUT2D eigenvalue weighted by Crippen LogP contribution is -2.08. The summed E-state index contributed by atoms with van der Waals surface area (Å²) < 4.78 is 11.8. The molecular formula is C16H16BrNO3. The van der Waals surface area contributed by atoms with Gasteiger partial charge in [-0.15, -0.1) is 0 Å². The molecular weight excluding hydrogens is 334 g/mol. The number of nitrogen functional groups attached to an aromatic ring is 1. The number of anilines is 1. The molecule has 0 aromatic heterocycles. The van der Waals surface area contributed by atoms with Gasteiger partial charge in [-0.1, -0.05) is 15.9 Å². The van der Waals surface area contributed by atoms with Gasteiger partial charge in [0.1, 0.15) is 11.5 Å². The molecule has 0 saturated carbocycles. The maximum absolute atomic E-state index is 11.8. The second-order valence-electron chi connectivity index (χ2n) is 4.48. The second kappa shape index (κ2) is 6.63. The van der Waals surface area contributed by atoms with Crippen LogP contribution in [0.4, 0.5) is 5.69 Å². The third-order valence-corrected chi connectivity index (χ3v) is 3.38. The normalized spacial score (nSPS) is 10.2. The van der Waals surface area contributed by atoms with Crippen LogP contribution in [0.3, 0.4) is 0 Å². The van der Waals surface area contributed by atoms with Crippen molar-refractivity contribution in [1.29, 1.82) is 0 Å². The van der Waals surface area contributed by atoms with Gasteiger partial charge in [0.05, 0.1) is 12.2 Å². The molecule has 0 unspecified atom stereocenters. The SMILES string of the molecule is CCOC(=O)c1cc(Oc2ccc(Br)cc2C)ccc1N. The summed E-state index contributed by atoms with van der Waals surface area (Å²) >= 11 is 3.41. The smallest absolute Gasteiger partial charge is 0.340 e. The van der Waals surface area contributed by atoms with E-state index in [0.717, 1.165) is 15.8 Å². The second-order valence-corrected chi connectivity index (χ2v) is 5.40. The first-order valence-corrected chi connectivity index (χ1v) is 7.31. The lowest BCUT2D eigenvalue weighted by molar-refractivity contribution is 0.0527. The van der Waals surface area contributed by atoms with E-state index in [9.17, 15) is 4.79 Å². The molecule has 0 saturated heterocycles. The molecule has 0 heterocycles. The van der Waals surface area contributed by atoms with Crippen LogP contribution in [-0.2, 0) is 4.74 Å². The van der Waals surface area contributed by atoms with Crippen molar-refractivity contribution in [3.05, 3.63) is 52.0 Å². The molecule has 2 aromatic rings. The molecule has 2 rings (SSSR count). The van der Waals surface area contributed by atoms with Gasteiger partial charge in [-0.05, 0) is 55.8 Å². The molecule has 0 spiro atoms. The Bertz CT molecular complexity index is 671. The molecule has 0 aliphatic heterocycles. The number of rotatable bonds is 4. The first-order valence-electron chi connectivity index (χ1n) is 6.52. The van der Waals surface area contributed by atoms with E-state index in [1.54, 1.807) is 25.1 Å². The Morgan fingerprint density at radius 3 is 2.67 bits per heavy atom. The fourth-order valence-electron chi connectivity index (χ4n) is 1.84. The molecule has 0 aliphatic rings. The first-order chi connectivity index (χ1) is 10.0. The monoisotopic (exact) mass is 349 g/mol. The van der Waals surface area contributed by atoms with Crippen LogP contribution in [0.25, 0.3) is 0 Å². The number of halogens is 1. The molecule has 21 heavy (non-hydrogen) atoms. The molecule has 2 aromatic carbocycles. The Kier molecular flexibility index (Phi) is 4.85. The zero-order chi connectivity index (χ0) is 15.4. The first kappa shape index (κ1) is 15.4. The highest BCUT2D eigenvalue weighted by Gasteiger charge is 2.13. The Labute approximate surface area is 132 Å². The Morgan fingerprint density at radius 1 is 1.24 bits per heavy atom. The van der Waals surface area contributed by atoms with E-state index < -0.39 is 5.97 Å². The lowest BCUT2D eigenvalue weighted by Gasteiger charge is -2.11. The fourth-order valence-corrected chi connectivity index (χ4v) is 2.31. The van der Waals surface area contributed by atoms with Gasteiger partial charge >= 0.3 is 5.97 Å². The molecule has 0 radical (unpaired) electrons. The van der Waals surface area contributed by atoms with Gasteiger partial charge in [0.25, 0.3) is 0 Å². The zero-order valence-electron chi connectivity index (χ0n) is 11.9. The molecule has 0 amide bonds. The quantitative estimate of drug-likeness (QED) is 0.659. The summed E-state index contributed by atoms with van der Waals surface area (Å²) in [7, 11) is 0. The number of hydrogen-bond donors (Lipinski definition) is 1. The number of carbonyl (C=O) groups is 1. The predicted octanol–water partition coefficient (Wildman–Crippen LogP) is 4.31. The third kappa shape index (κ3) is 3.76. The number of esters is 1. The summed E-state index contributed by atoms with van der Waals surface area (Å²) in [5.74, 6) is 0.809. The number of nitrogens with two attached hydrogens (primary N) is 1. The van der Waals surface area contributed by atoms with E-state index in [2.05, 4.69) is 15.9 Å². The molecule has 5 heteroatoms. The predicted molar refractivity (Wildman–Crippen MR) is 85.8 cm³/mol. The van der Waals surface area contributed by atoms with Gasteiger partial charge in [0, 0.05) is 10.2 Å². The van der Waals surface area contributed by atoms with Crippen molar-refractivity contribution in [2.24, 2.45) is 0 Å². The number of carbonyl (C=O) groups excluding carboxylic acids is 1. The van der Waals surface area contributed by atoms with Gasteiger partial charge in [0.15, 0.2) is 0 Å². The average Bonchev–Trinajstić information content (AvgIpc) is 2.44. The third-order valence-electron chi connectivity index (χ3n) is 2.88. The summed E-state index contributed by atoms with van der Waals surface area (Å²) in [4.78, 5) is 11.8. The van der Waals surface area contributed by atoms with Crippen LogP contribution in [0.15, 0.2) is 40.9 Å².